The molecule has 0 amide bonds. The first-order chi connectivity index (χ1) is 6.15. The predicted octanol–water partition coefficient (Wildman–Crippen LogP) is 3.57. The number of benzene rings is 1. The van der Waals surface area contributed by atoms with Gasteiger partial charge < -0.3 is 4.74 Å². The van der Waals surface area contributed by atoms with Gasteiger partial charge in [-0.25, -0.2) is 0 Å². The highest BCUT2D eigenvalue weighted by Gasteiger charge is 2.08. The first kappa shape index (κ1) is 10.8. The van der Waals surface area contributed by atoms with Crippen LogP contribution in [0.2, 0.25) is 10.0 Å². The molecule has 1 aromatic rings. The van der Waals surface area contributed by atoms with Crippen LogP contribution in [0, 0.1) is 0 Å². The number of methoxy groups -OCH3 is 1. The summed E-state index contributed by atoms with van der Waals surface area (Å²) in [4.78, 5) is 0. The van der Waals surface area contributed by atoms with Gasteiger partial charge in [0.1, 0.15) is 0 Å². The minimum atomic E-state index is 0.136. The summed E-state index contributed by atoms with van der Waals surface area (Å²) >= 11 is 12.0. The highest BCUT2D eigenvalue weighted by atomic mass is 35.5. The molecule has 3 heteroatoms. The maximum atomic E-state index is 5.99. The lowest BCUT2D eigenvalue weighted by Crippen LogP contribution is -2.09. The van der Waals surface area contributed by atoms with Crippen molar-refractivity contribution in [1.82, 2.24) is 0 Å². The van der Waals surface area contributed by atoms with Crippen LogP contribution >= 0.6 is 23.2 Å². The van der Waals surface area contributed by atoms with Gasteiger partial charge in [0.05, 0.1) is 6.10 Å². The first-order valence-electron chi connectivity index (χ1n) is 4.11. The summed E-state index contributed by atoms with van der Waals surface area (Å²) in [6.07, 6.45) is 0.882. The van der Waals surface area contributed by atoms with Gasteiger partial charge in [-0.1, -0.05) is 29.3 Å². The fourth-order valence-corrected chi connectivity index (χ4v) is 1.65. The second-order valence-corrected chi connectivity index (χ2v) is 3.77. The van der Waals surface area contributed by atoms with Gasteiger partial charge in [0.15, 0.2) is 0 Å². The Hall–Kier alpha value is -0.240. The summed E-state index contributed by atoms with van der Waals surface area (Å²) in [5, 5.41) is 1.41. The average molecular weight is 219 g/mol. The van der Waals surface area contributed by atoms with Crippen LogP contribution in [0.25, 0.3) is 0 Å². The number of hydrogen-bond acceptors (Lipinski definition) is 1. The van der Waals surface area contributed by atoms with E-state index in [1.807, 2.05) is 25.1 Å². The molecule has 0 radical (unpaired) electrons. The van der Waals surface area contributed by atoms with Gasteiger partial charge in [-0.05, 0) is 24.6 Å². The summed E-state index contributed by atoms with van der Waals surface area (Å²) < 4.78 is 5.15. The summed E-state index contributed by atoms with van der Waals surface area (Å²) in [6.45, 7) is 1.99. The molecule has 0 bridgehead atoms. The molecule has 1 aromatic carbocycles. The largest absolute Gasteiger partial charge is 0.381 e. The fraction of sp³-hybridized carbons (Fsp3) is 0.400. The second kappa shape index (κ2) is 4.85. The molecule has 0 saturated carbocycles. The van der Waals surface area contributed by atoms with Crippen LogP contribution < -0.4 is 0 Å². The molecule has 72 valence electrons. The van der Waals surface area contributed by atoms with E-state index in [-0.39, 0.29) is 6.10 Å². The normalized spacial score (nSPS) is 12.9. The van der Waals surface area contributed by atoms with E-state index in [4.69, 9.17) is 27.9 Å². The van der Waals surface area contributed by atoms with Gasteiger partial charge in [-0.3, -0.25) is 0 Å². The molecule has 0 aromatic heterocycles. The maximum Gasteiger partial charge on any atom is 0.0584 e. The minimum Gasteiger partial charge on any atom is -0.381 e. The molecule has 0 aliphatic heterocycles. The van der Waals surface area contributed by atoms with Crippen molar-refractivity contribution < 1.29 is 4.74 Å². The predicted molar refractivity (Wildman–Crippen MR) is 56.6 cm³/mol. The van der Waals surface area contributed by atoms with Crippen molar-refractivity contribution in [3.05, 3.63) is 33.8 Å². The van der Waals surface area contributed by atoms with E-state index < -0.39 is 0 Å². The highest BCUT2D eigenvalue weighted by Crippen LogP contribution is 2.25. The monoisotopic (exact) mass is 218 g/mol. The van der Waals surface area contributed by atoms with E-state index in [1.54, 1.807) is 7.11 Å². The Morgan fingerprint density at radius 2 is 1.85 bits per heavy atom. The van der Waals surface area contributed by atoms with Crippen molar-refractivity contribution in [3.8, 4) is 0 Å². The quantitative estimate of drug-likeness (QED) is 0.754. The molecule has 1 nitrogen and oxygen atoms in total. The van der Waals surface area contributed by atoms with Gasteiger partial charge in [0, 0.05) is 23.6 Å². The number of hydrogen-bond donors (Lipinski definition) is 0. The molecule has 0 spiro atoms. The molecular formula is C10H12Cl2O. The van der Waals surface area contributed by atoms with E-state index >= 15 is 0 Å². The van der Waals surface area contributed by atoms with E-state index in [0.717, 1.165) is 12.0 Å². The number of ether oxygens (including phenoxy) is 1. The van der Waals surface area contributed by atoms with Crippen LogP contribution in [-0.4, -0.2) is 13.2 Å². The Labute approximate surface area is 88.6 Å². The Balaban J connectivity index is 2.87. The lowest BCUT2D eigenvalue weighted by Gasteiger charge is -2.11. The zero-order chi connectivity index (χ0) is 9.84. The number of halogens is 2. The van der Waals surface area contributed by atoms with Gasteiger partial charge in [-0.2, -0.15) is 0 Å². The zero-order valence-electron chi connectivity index (χ0n) is 7.68. The molecule has 1 rings (SSSR count). The lowest BCUT2D eigenvalue weighted by atomic mass is 10.1. The molecule has 0 fully saturated rings. The zero-order valence-corrected chi connectivity index (χ0v) is 9.19. The van der Waals surface area contributed by atoms with Crippen molar-refractivity contribution in [2.45, 2.75) is 19.4 Å². The average Bonchev–Trinajstić information content (AvgIpc) is 2.11. The third kappa shape index (κ3) is 2.87. The van der Waals surface area contributed by atoms with Crippen LogP contribution in [-0.2, 0) is 11.2 Å². The number of rotatable bonds is 3. The van der Waals surface area contributed by atoms with Crippen molar-refractivity contribution in [1.29, 1.82) is 0 Å². The lowest BCUT2D eigenvalue weighted by molar-refractivity contribution is 0.119. The summed E-state index contributed by atoms with van der Waals surface area (Å²) in [5.41, 5.74) is 0.959. The molecule has 1 atom stereocenters. The Morgan fingerprint density at radius 3 is 2.31 bits per heavy atom. The topological polar surface area (TPSA) is 9.23 Å². The van der Waals surface area contributed by atoms with Crippen molar-refractivity contribution >= 4 is 23.2 Å². The van der Waals surface area contributed by atoms with E-state index in [1.165, 1.54) is 0 Å². The van der Waals surface area contributed by atoms with Crippen LogP contribution in [0.15, 0.2) is 18.2 Å². The minimum absolute atomic E-state index is 0.136. The maximum absolute atomic E-state index is 5.99. The Bertz CT molecular complexity index is 266. The van der Waals surface area contributed by atoms with Gasteiger partial charge in [-0.15, -0.1) is 0 Å². The summed E-state index contributed by atoms with van der Waals surface area (Å²) in [5.74, 6) is 0. The standard InChI is InChI=1S/C10H12Cl2O/c1-7(13-2)6-8-9(11)4-3-5-10(8)12/h3-5,7H,6H2,1-2H3. The van der Waals surface area contributed by atoms with E-state index in [0.29, 0.717) is 10.0 Å². The molecule has 0 N–H and O–H groups in total. The van der Waals surface area contributed by atoms with E-state index in [2.05, 4.69) is 0 Å². The fourth-order valence-electron chi connectivity index (χ4n) is 1.10. The molecule has 1 unspecified atom stereocenters. The molecule has 13 heavy (non-hydrogen) atoms. The first-order valence-corrected chi connectivity index (χ1v) is 4.86. The van der Waals surface area contributed by atoms with Crippen LogP contribution in [0.3, 0.4) is 0 Å². The Kier molecular flexibility index (Phi) is 4.04. The van der Waals surface area contributed by atoms with Gasteiger partial charge >= 0.3 is 0 Å². The third-order valence-corrected chi connectivity index (χ3v) is 2.66. The molecule has 0 heterocycles. The van der Waals surface area contributed by atoms with Crippen molar-refractivity contribution in [2.75, 3.05) is 7.11 Å². The molecule has 0 aliphatic carbocycles. The molecule has 0 aliphatic rings. The summed E-state index contributed by atoms with van der Waals surface area (Å²) in [6, 6.07) is 5.52. The van der Waals surface area contributed by atoms with Crippen LogP contribution in [0.5, 0.6) is 0 Å². The van der Waals surface area contributed by atoms with Crippen LogP contribution in [0.4, 0.5) is 0 Å². The van der Waals surface area contributed by atoms with Crippen molar-refractivity contribution in [2.24, 2.45) is 0 Å². The second-order valence-electron chi connectivity index (χ2n) is 2.95. The van der Waals surface area contributed by atoms with Gasteiger partial charge in [0.25, 0.3) is 0 Å². The van der Waals surface area contributed by atoms with Gasteiger partial charge in [0.2, 0.25) is 0 Å². The molecular weight excluding hydrogens is 207 g/mol. The SMILES string of the molecule is COC(C)Cc1c(Cl)cccc1Cl. The van der Waals surface area contributed by atoms with Crippen LogP contribution in [0.1, 0.15) is 12.5 Å². The Morgan fingerprint density at radius 1 is 1.31 bits per heavy atom. The van der Waals surface area contributed by atoms with Crippen molar-refractivity contribution in [3.63, 3.8) is 0 Å². The highest BCUT2D eigenvalue weighted by molar-refractivity contribution is 6.35. The molecule has 0 saturated heterocycles. The third-order valence-electron chi connectivity index (χ3n) is 1.96. The summed E-state index contributed by atoms with van der Waals surface area (Å²) in [7, 11) is 1.68. The van der Waals surface area contributed by atoms with E-state index in [9.17, 15) is 0 Å². The smallest absolute Gasteiger partial charge is 0.0584 e.